The minimum Gasteiger partial charge on any atom is -0.477 e. The van der Waals surface area contributed by atoms with Crippen LogP contribution in [0.4, 0.5) is 5.13 Å². The SMILES string of the molecule is O=C(O)c1ccc(S(=O)(=O)Nc2nc3c(s2)CCCC3)s1. The number of rotatable bonds is 4. The number of nitrogens with zero attached hydrogens (tertiary/aromatic N) is 1. The number of fused-ring (bicyclic) bond motifs is 1. The number of hydrogen-bond donors (Lipinski definition) is 2. The van der Waals surface area contributed by atoms with Gasteiger partial charge in [-0.05, 0) is 37.8 Å². The highest BCUT2D eigenvalue weighted by Crippen LogP contribution is 2.31. The number of hydrogen-bond acceptors (Lipinski definition) is 6. The third-order valence-corrected chi connectivity index (χ3v) is 7.23. The van der Waals surface area contributed by atoms with Crippen molar-refractivity contribution in [1.82, 2.24) is 4.98 Å². The van der Waals surface area contributed by atoms with Gasteiger partial charge < -0.3 is 5.11 Å². The van der Waals surface area contributed by atoms with Crippen LogP contribution in [0.2, 0.25) is 0 Å². The van der Waals surface area contributed by atoms with Gasteiger partial charge in [0.25, 0.3) is 10.0 Å². The zero-order valence-corrected chi connectivity index (χ0v) is 13.3. The van der Waals surface area contributed by atoms with E-state index >= 15 is 0 Å². The lowest BCUT2D eigenvalue weighted by Gasteiger charge is -2.06. The number of aromatic nitrogens is 1. The highest BCUT2D eigenvalue weighted by Gasteiger charge is 2.22. The second-order valence-electron chi connectivity index (χ2n) is 4.63. The van der Waals surface area contributed by atoms with E-state index in [1.165, 1.54) is 23.5 Å². The van der Waals surface area contributed by atoms with Crippen molar-refractivity contribution >= 4 is 43.8 Å². The van der Waals surface area contributed by atoms with Gasteiger partial charge >= 0.3 is 5.97 Å². The van der Waals surface area contributed by atoms with E-state index in [0.717, 1.165) is 47.6 Å². The Morgan fingerprint density at radius 1 is 1.24 bits per heavy atom. The lowest BCUT2D eigenvalue weighted by molar-refractivity contribution is 0.0702. The molecule has 0 radical (unpaired) electrons. The van der Waals surface area contributed by atoms with E-state index in [1.807, 2.05) is 0 Å². The van der Waals surface area contributed by atoms with Crippen molar-refractivity contribution in [2.45, 2.75) is 29.9 Å². The molecule has 2 N–H and O–H groups in total. The van der Waals surface area contributed by atoms with Crippen LogP contribution in [0.3, 0.4) is 0 Å². The summed E-state index contributed by atoms with van der Waals surface area (Å²) in [5.41, 5.74) is 0.973. The maximum atomic E-state index is 12.2. The van der Waals surface area contributed by atoms with E-state index in [1.54, 1.807) is 0 Å². The minimum atomic E-state index is -3.77. The molecule has 0 amide bonds. The van der Waals surface area contributed by atoms with Crippen molar-refractivity contribution in [3.05, 3.63) is 27.6 Å². The standard InChI is InChI=1S/C12H12N2O4S3/c15-11(16)9-5-6-10(19-9)21(17,18)14-12-13-7-3-1-2-4-8(7)20-12/h5-6H,1-4H2,(H,13,14)(H,15,16). The smallest absolute Gasteiger partial charge is 0.345 e. The minimum absolute atomic E-state index is 0.00573. The van der Waals surface area contributed by atoms with Gasteiger partial charge in [-0.3, -0.25) is 4.72 Å². The number of sulfonamides is 1. The molecule has 0 aliphatic heterocycles. The number of carbonyl (C=O) groups is 1. The molecule has 9 heteroatoms. The molecule has 1 aliphatic carbocycles. The summed E-state index contributed by atoms with van der Waals surface area (Å²) in [6.45, 7) is 0. The fraction of sp³-hybridized carbons (Fsp3) is 0.333. The van der Waals surface area contributed by atoms with Crippen LogP contribution in [0.1, 0.15) is 33.1 Å². The summed E-state index contributed by atoms with van der Waals surface area (Å²) < 4.78 is 26.9. The molecule has 0 atom stereocenters. The molecule has 0 saturated heterocycles. The van der Waals surface area contributed by atoms with Crippen LogP contribution in [0, 0.1) is 0 Å². The first-order chi connectivity index (χ1) is 9.95. The zero-order valence-electron chi connectivity index (χ0n) is 10.8. The summed E-state index contributed by atoms with van der Waals surface area (Å²) in [5, 5.41) is 9.20. The Balaban J connectivity index is 1.85. The lowest BCUT2D eigenvalue weighted by Crippen LogP contribution is -2.11. The van der Waals surface area contributed by atoms with Crippen LogP contribution in [0.25, 0.3) is 0 Å². The molecule has 2 heterocycles. The number of carboxylic acids is 1. The predicted octanol–water partition coefficient (Wildman–Crippen LogP) is 2.58. The van der Waals surface area contributed by atoms with Gasteiger partial charge in [-0.2, -0.15) is 0 Å². The van der Waals surface area contributed by atoms with E-state index in [2.05, 4.69) is 9.71 Å². The van der Waals surface area contributed by atoms with Gasteiger partial charge in [0, 0.05) is 4.88 Å². The molecule has 0 saturated carbocycles. The number of carboxylic acid groups (broad SMARTS) is 1. The van der Waals surface area contributed by atoms with Crippen LogP contribution >= 0.6 is 22.7 Å². The largest absolute Gasteiger partial charge is 0.477 e. The first-order valence-electron chi connectivity index (χ1n) is 6.30. The molecule has 2 aromatic heterocycles. The monoisotopic (exact) mass is 344 g/mol. The number of anilines is 1. The van der Waals surface area contributed by atoms with E-state index < -0.39 is 16.0 Å². The van der Waals surface area contributed by atoms with Gasteiger partial charge in [-0.15, -0.1) is 22.7 Å². The average Bonchev–Trinajstić information content (AvgIpc) is 3.04. The van der Waals surface area contributed by atoms with Crippen molar-refractivity contribution in [2.75, 3.05) is 4.72 Å². The van der Waals surface area contributed by atoms with Gasteiger partial charge in [0.15, 0.2) is 5.13 Å². The molecule has 3 rings (SSSR count). The molecule has 0 fully saturated rings. The summed E-state index contributed by atoms with van der Waals surface area (Å²) in [6, 6.07) is 2.58. The van der Waals surface area contributed by atoms with Crippen molar-refractivity contribution < 1.29 is 18.3 Å². The molecule has 2 aromatic rings. The van der Waals surface area contributed by atoms with Gasteiger partial charge in [0.05, 0.1) is 5.69 Å². The average molecular weight is 344 g/mol. The van der Waals surface area contributed by atoms with Crippen molar-refractivity contribution in [3.8, 4) is 0 Å². The van der Waals surface area contributed by atoms with E-state index in [4.69, 9.17) is 5.11 Å². The maximum Gasteiger partial charge on any atom is 0.345 e. The van der Waals surface area contributed by atoms with Crippen LogP contribution in [0.15, 0.2) is 16.3 Å². The Kier molecular flexibility index (Phi) is 3.72. The van der Waals surface area contributed by atoms with Crippen LogP contribution in [-0.4, -0.2) is 24.5 Å². The third-order valence-electron chi connectivity index (χ3n) is 3.12. The zero-order chi connectivity index (χ0) is 15.0. The molecule has 0 bridgehead atoms. The second-order valence-corrected chi connectivity index (χ2v) is 8.70. The summed E-state index contributed by atoms with van der Waals surface area (Å²) in [4.78, 5) is 16.3. The fourth-order valence-corrected chi connectivity index (χ4v) is 5.57. The van der Waals surface area contributed by atoms with Gasteiger partial charge in [-0.1, -0.05) is 0 Å². The molecule has 0 spiro atoms. The molecule has 0 aromatic carbocycles. The van der Waals surface area contributed by atoms with Crippen LogP contribution in [0.5, 0.6) is 0 Å². The van der Waals surface area contributed by atoms with Gasteiger partial charge in [0.1, 0.15) is 9.09 Å². The molecule has 0 unspecified atom stereocenters. The number of nitrogens with one attached hydrogen (secondary N) is 1. The number of thiazole rings is 1. The Labute approximate surface area is 129 Å². The fourth-order valence-electron chi connectivity index (χ4n) is 2.14. The number of aryl methyl sites for hydroxylation is 2. The normalized spacial score (nSPS) is 14.7. The lowest BCUT2D eigenvalue weighted by atomic mass is 10.0. The van der Waals surface area contributed by atoms with Crippen LogP contribution in [-0.2, 0) is 22.9 Å². The molecular formula is C12H12N2O4S3. The molecule has 6 nitrogen and oxygen atoms in total. The van der Waals surface area contributed by atoms with E-state index in [9.17, 15) is 13.2 Å². The molecule has 1 aliphatic rings. The topological polar surface area (TPSA) is 96.4 Å². The first kappa shape index (κ1) is 14.5. The van der Waals surface area contributed by atoms with E-state index in [-0.39, 0.29) is 9.09 Å². The number of aromatic carboxylic acids is 1. The predicted molar refractivity (Wildman–Crippen MR) is 80.8 cm³/mol. The van der Waals surface area contributed by atoms with Crippen molar-refractivity contribution in [2.24, 2.45) is 0 Å². The quantitative estimate of drug-likeness (QED) is 0.888. The summed E-state index contributed by atoms with van der Waals surface area (Å²) >= 11 is 2.09. The summed E-state index contributed by atoms with van der Waals surface area (Å²) in [5.74, 6) is -1.13. The highest BCUT2D eigenvalue weighted by molar-refractivity contribution is 7.94. The highest BCUT2D eigenvalue weighted by atomic mass is 32.2. The number of thiophene rings is 1. The van der Waals surface area contributed by atoms with E-state index in [0.29, 0.717) is 5.13 Å². The van der Waals surface area contributed by atoms with Crippen LogP contribution < -0.4 is 4.72 Å². The second kappa shape index (κ2) is 5.39. The molecular weight excluding hydrogens is 332 g/mol. The van der Waals surface area contributed by atoms with Gasteiger partial charge in [-0.25, -0.2) is 18.2 Å². The maximum absolute atomic E-state index is 12.2. The first-order valence-corrected chi connectivity index (χ1v) is 9.42. The Bertz CT molecular complexity index is 768. The Morgan fingerprint density at radius 3 is 2.67 bits per heavy atom. The van der Waals surface area contributed by atoms with Crippen molar-refractivity contribution in [1.29, 1.82) is 0 Å². The molecule has 112 valence electrons. The Morgan fingerprint density at radius 2 is 2.00 bits per heavy atom. The summed E-state index contributed by atoms with van der Waals surface area (Å²) in [7, 11) is -3.77. The Hall–Kier alpha value is -1.45. The summed E-state index contributed by atoms with van der Waals surface area (Å²) in [6.07, 6.45) is 4.01. The van der Waals surface area contributed by atoms with Crippen molar-refractivity contribution in [3.63, 3.8) is 0 Å². The van der Waals surface area contributed by atoms with Gasteiger partial charge in [0.2, 0.25) is 0 Å². The molecule has 21 heavy (non-hydrogen) atoms. The third kappa shape index (κ3) is 2.94.